The number of nitrogens with two attached hydrogens (primary N) is 2. The van der Waals surface area contributed by atoms with E-state index in [1.54, 1.807) is 0 Å². The van der Waals surface area contributed by atoms with Gasteiger partial charge in [-0.2, -0.15) is 0 Å². The fourth-order valence-corrected chi connectivity index (χ4v) is 1.82. The largest absolute Gasteiger partial charge is 0.376 e. The maximum atomic E-state index is 5.79. The van der Waals surface area contributed by atoms with Gasteiger partial charge in [0.15, 0.2) is 5.11 Å². The molecular weight excluding hydrogens is 170 g/mol. The van der Waals surface area contributed by atoms with E-state index in [2.05, 4.69) is 0 Å². The molecule has 12 heavy (non-hydrogen) atoms. The molecule has 1 aliphatic rings. The Hall–Kier alpha value is -0.350. The Labute approximate surface area is 79.1 Å². The van der Waals surface area contributed by atoms with Crippen molar-refractivity contribution in [3.63, 3.8) is 0 Å². The van der Waals surface area contributed by atoms with E-state index in [0.29, 0.717) is 17.2 Å². The zero-order chi connectivity index (χ0) is 9.14. The summed E-state index contributed by atoms with van der Waals surface area (Å²) in [6, 6.07) is 0.906. The third kappa shape index (κ3) is 2.32. The van der Waals surface area contributed by atoms with Crippen LogP contribution in [-0.4, -0.2) is 29.1 Å². The van der Waals surface area contributed by atoms with Gasteiger partial charge in [-0.1, -0.05) is 0 Å². The summed E-state index contributed by atoms with van der Waals surface area (Å²) in [6.07, 6.45) is 4.43. The van der Waals surface area contributed by atoms with E-state index >= 15 is 0 Å². The zero-order valence-corrected chi connectivity index (χ0v) is 8.31. The van der Waals surface area contributed by atoms with E-state index in [4.69, 9.17) is 23.7 Å². The van der Waals surface area contributed by atoms with Crippen molar-refractivity contribution in [2.24, 2.45) is 11.5 Å². The zero-order valence-electron chi connectivity index (χ0n) is 7.49. The minimum absolute atomic E-state index is 0.390. The maximum absolute atomic E-state index is 5.79. The molecule has 0 atom stereocenters. The van der Waals surface area contributed by atoms with Crippen LogP contribution in [0, 0.1) is 0 Å². The second kappa shape index (κ2) is 4.05. The highest BCUT2D eigenvalue weighted by Gasteiger charge is 2.22. The van der Waals surface area contributed by atoms with Crippen LogP contribution in [0.4, 0.5) is 0 Å². The third-order valence-corrected chi connectivity index (χ3v) is 2.92. The van der Waals surface area contributed by atoms with Crippen molar-refractivity contribution in [2.75, 3.05) is 7.05 Å². The molecule has 0 aromatic rings. The first-order valence-electron chi connectivity index (χ1n) is 4.39. The summed E-state index contributed by atoms with van der Waals surface area (Å²) in [5, 5.41) is 0.496. The number of hydrogen-bond acceptors (Lipinski definition) is 2. The molecular formula is C8H17N3S. The van der Waals surface area contributed by atoms with Gasteiger partial charge in [0.25, 0.3) is 0 Å². The lowest BCUT2D eigenvalue weighted by Gasteiger charge is -2.33. The molecule has 1 aliphatic carbocycles. The Morgan fingerprint density at radius 2 is 1.83 bits per heavy atom. The second-order valence-electron chi connectivity index (χ2n) is 3.52. The van der Waals surface area contributed by atoms with Crippen LogP contribution in [-0.2, 0) is 0 Å². The monoisotopic (exact) mass is 187 g/mol. The van der Waals surface area contributed by atoms with Crippen molar-refractivity contribution < 1.29 is 0 Å². The van der Waals surface area contributed by atoms with Crippen molar-refractivity contribution in [3.05, 3.63) is 0 Å². The fourth-order valence-electron chi connectivity index (χ4n) is 1.67. The van der Waals surface area contributed by atoms with Crippen molar-refractivity contribution in [2.45, 2.75) is 37.8 Å². The maximum Gasteiger partial charge on any atom is 0.166 e. The van der Waals surface area contributed by atoms with Crippen LogP contribution in [0.3, 0.4) is 0 Å². The summed E-state index contributed by atoms with van der Waals surface area (Å²) in [5.74, 6) is 0. The molecule has 4 N–H and O–H groups in total. The Morgan fingerprint density at radius 3 is 2.25 bits per heavy atom. The van der Waals surface area contributed by atoms with E-state index in [0.717, 1.165) is 25.7 Å². The third-order valence-electron chi connectivity index (χ3n) is 2.64. The quantitative estimate of drug-likeness (QED) is 0.585. The average molecular weight is 187 g/mol. The van der Waals surface area contributed by atoms with E-state index in [9.17, 15) is 0 Å². The number of thiocarbonyl (C=S) groups is 1. The van der Waals surface area contributed by atoms with Gasteiger partial charge in [-0.3, -0.25) is 0 Å². The van der Waals surface area contributed by atoms with E-state index < -0.39 is 0 Å². The van der Waals surface area contributed by atoms with Crippen LogP contribution >= 0.6 is 12.2 Å². The Morgan fingerprint density at radius 1 is 1.33 bits per heavy atom. The Balaban J connectivity index is 2.39. The van der Waals surface area contributed by atoms with E-state index in [-0.39, 0.29) is 0 Å². The molecule has 3 nitrogen and oxygen atoms in total. The molecule has 1 fully saturated rings. The van der Waals surface area contributed by atoms with Crippen LogP contribution < -0.4 is 11.5 Å². The van der Waals surface area contributed by atoms with Gasteiger partial charge >= 0.3 is 0 Å². The van der Waals surface area contributed by atoms with Crippen LogP contribution in [0.5, 0.6) is 0 Å². The molecule has 0 radical (unpaired) electrons. The van der Waals surface area contributed by atoms with Gasteiger partial charge in [0.05, 0.1) is 0 Å². The summed E-state index contributed by atoms with van der Waals surface area (Å²) < 4.78 is 0. The predicted octanol–water partition coefficient (Wildman–Crippen LogP) is 0.432. The second-order valence-corrected chi connectivity index (χ2v) is 3.94. The van der Waals surface area contributed by atoms with Crippen LogP contribution in [0.1, 0.15) is 25.7 Å². The number of rotatable bonds is 1. The molecule has 0 unspecified atom stereocenters. The first-order chi connectivity index (χ1) is 5.61. The first-order valence-corrected chi connectivity index (χ1v) is 4.80. The van der Waals surface area contributed by atoms with Gasteiger partial charge in [-0.25, -0.2) is 0 Å². The van der Waals surface area contributed by atoms with Crippen molar-refractivity contribution in [3.8, 4) is 0 Å². The lowest BCUT2D eigenvalue weighted by molar-refractivity contribution is 0.263. The highest BCUT2D eigenvalue weighted by molar-refractivity contribution is 7.80. The molecule has 0 aliphatic heterocycles. The van der Waals surface area contributed by atoms with E-state index in [1.807, 2.05) is 11.9 Å². The molecule has 1 rings (SSSR count). The SMILES string of the molecule is CN(C(N)=S)C1CCC(N)CC1. The van der Waals surface area contributed by atoms with Crippen LogP contribution in [0.2, 0.25) is 0 Å². The molecule has 0 bridgehead atoms. The average Bonchev–Trinajstić information content (AvgIpc) is 2.04. The minimum Gasteiger partial charge on any atom is -0.376 e. The highest BCUT2D eigenvalue weighted by atomic mass is 32.1. The minimum atomic E-state index is 0.390. The van der Waals surface area contributed by atoms with Gasteiger partial charge in [0.2, 0.25) is 0 Å². The molecule has 0 saturated heterocycles. The topological polar surface area (TPSA) is 55.3 Å². The Kier molecular flexibility index (Phi) is 3.29. The molecule has 0 heterocycles. The van der Waals surface area contributed by atoms with Gasteiger partial charge in [-0.05, 0) is 37.9 Å². The summed E-state index contributed by atoms with van der Waals surface area (Å²) >= 11 is 4.90. The molecule has 0 aromatic carbocycles. The Bertz CT molecular complexity index is 164. The molecule has 0 spiro atoms. The number of nitrogens with zero attached hydrogens (tertiary/aromatic N) is 1. The summed E-state index contributed by atoms with van der Waals surface area (Å²) in [4.78, 5) is 1.99. The summed E-state index contributed by atoms with van der Waals surface area (Å²) in [7, 11) is 1.96. The van der Waals surface area contributed by atoms with Gasteiger partial charge < -0.3 is 16.4 Å². The summed E-state index contributed by atoms with van der Waals surface area (Å²) in [5.41, 5.74) is 11.3. The van der Waals surface area contributed by atoms with Gasteiger partial charge in [0, 0.05) is 19.1 Å². The smallest absolute Gasteiger partial charge is 0.166 e. The molecule has 1 saturated carbocycles. The van der Waals surface area contributed by atoms with Gasteiger partial charge in [-0.15, -0.1) is 0 Å². The van der Waals surface area contributed by atoms with Crippen molar-refractivity contribution >= 4 is 17.3 Å². The lowest BCUT2D eigenvalue weighted by atomic mass is 9.91. The van der Waals surface area contributed by atoms with Crippen molar-refractivity contribution in [1.29, 1.82) is 0 Å². The normalized spacial score (nSPS) is 29.8. The van der Waals surface area contributed by atoms with Crippen molar-refractivity contribution in [1.82, 2.24) is 4.90 Å². The summed E-state index contributed by atoms with van der Waals surface area (Å²) in [6.45, 7) is 0. The molecule has 70 valence electrons. The lowest BCUT2D eigenvalue weighted by Crippen LogP contribution is -2.44. The predicted molar refractivity (Wildman–Crippen MR) is 54.8 cm³/mol. The fraction of sp³-hybridized carbons (Fsp3) is 0.875. The highest BCUT2D eigenvalue weighted by Crippen LogP contribution is 2.20. The number of hydrogen-bond donors (Lipinski definition) is 2. The molecule has 4 heteroatoms. The molecule has 0 amide bonds. The molecule has 0 aromatic heterocycles. The van der Waals surface area contributed by atoms with Crippen LogP contribution in [0.25, 0.3) is 0 Å². The van der Waals surface area contributed by atoms with Crippen LogP contribution in [0.15, 0.2) is 0 Å². The standard InChI is InChI=1S/C8H17N3S/c1-11(8(10)12)7-4-2-6(9)3-5-7/h6-7H,2-5,9H2,1H3,(H2,10,12). The first kappa shape index (κ1) is 9.74. The van der Waals surface area contributed by atoms with Gasteiger partial charge in [0.1, 0.15) is 0 Å². The van der Waals surface area contributed by atoms with E-state index in [1.165, 1.54) is 0 Å².